The van der Waals surface area contributed by atoms with E-state index in [1.165, 1.54) is 16.7 Å². The van der Waals surface area contributed by atoms with Crippen molar-refractivity contribution in [3.05, 3.63) is 125 Å². The maximum Gasteiger partial charge on any atom is 0.326 e. The van der Waals surface area contributed by atoms with Gasteiger partial charge in [0.1, 0.15) is 18.4 Å². The van der Waals surface area contributed by atoms with Crippen molar-refractivity contribution in [1.29, 1.82) is 0 Å². The standard InChI is InChI=1S/C31H29NO4/c1-21-8-9-22(2)27(18-21)20-36-28-16-14-25(15-17-28)24-10-12-26(13-11-24)30(33)32-29(31(34)35)19-23-6-4-3-5-7-23/h3-18,29H,19-20H2,1-2H3,(H,32,33)(H,34,35). The topological polar surface area (TPSA) is 75.6 Å². The van der Waals surface area contributed by atoms with Gasteiger partial charge in [0.15, 0.2) is 0 Å². The van der Waals surface area contributed by atoms with Gasteiger partial charge in [0, 0.05) is 12.0 Å². The molecule has 4 aromatic rings. The minimum absolute atomic E-state index is 0.220. The number of hydrogen-bond donors (Lipinski definition) is 2. The molecule has 1 amide bonds. The van der Waals surface area contributed by atoms with Gasteiger partial charge in [-0.05, 0) is 65.9 Å². The second-order valence-electron chi connectivity index (χ2n) is 8.87. The molecule has 0 aliphatic heterocycles. The molecule has 4 rings (SSSR count). The van der Waals surface area contributed by atoms with E-state index in [0.717, 1.165) is 22.4 Å². The van der Waals surface area contributed by atoms with Crippen molar-refractivity contribution in [2.75, 3.05) is 0 Å². The summed E-state index contributed by atoms with van der Waals surface area (Å²) in [5, 5.41) is 12.2. The summed E-state index contributed by atoms with van der Waals surface area (Å²) in [6.45, 7) is 4.66. The van der Waals surface area contributed by atoms with Crippen LogP contribution in [-0.4, -0.2) is 23.0 Å². The molecular weight excluding hydrogens is 450 g/mol. The Hall–Kier alpha value is -4.38. The van der Waals surface area contributed by atoms with Crippen LogP contribution in [0.15, 0.2) is 97.1 Å². The lowest BCUT2D eigenvalue weighted by Crippen LogP contribution is -2.42. The van der Waals surface area contributed by atoms with Gasteiger partial charge in [0.05, 0.1) is 0 Å². The first-order chi connectivity index (χ1) is 17.4. The lowest BCUT2D eigenvalue weighted by atomic mass is 10.0. The van der Waals surface area contributed by atoms with Crippen LogP contribution in [0.2, 0.25) is 0 Å². The number of carbonyl (C=O) groups excluding carboxylic acids is 1. The number of benzene rings is 4. The predicted octanol–water partition coefficient (Wildman–Crippen LogP) is 5.98. The quantitative estimate of drug-likeness (QED) is 0.310. The molecule has 0 aliphatic rings. The first kappa shape index (κ1) is 24.7. The molecule has 0 spiro atoms. The summed E-state index contributed by atoms with van der Waals surface area (Å²) in [5.74, 6) is -0.697. The summed E-state index contributed by atoms with van der Waals surface area (Å²) in [6.07, 6.45) is 0.220. The van der Waals surface area contributed by atoms with E-state index in [9.17, 15) is 14.7 Å². The molecule has 0 saturated heterocycles. The highest BCUT2D eigenvalue weighted by Crippen LogP contribution is 2.24. The molecule has 0 fully saturated rings. The molecule has 0 aliphatic carbocycles. The van der Waals surface area contributed by atoms with Gasteiger partial charge in [-0.1, -0.05) is 78.4 Å². The highest BCUT2D eigenvalue weighted by atomic mass is 16.5. The Balaban J connectivity index is 1.37. The number of aliphatic carboxylic acids is 1. The van der Waals surface area contributed by atoms with Crippen molar-refractivity contribution in [3.8, 4) is 16.9 Å². The second kappa shape index (κ2) is 11.4. The first-order valence-corrected chi connectivity index (χ1v) is 11.9. The Morgan fingerprint density at radius 2 is 1.47 bits per heavy atom. The summed E-state index contributed by atoms with van der Waals surface area (Å²) in [5.41, 5.74) is 6.79. The zero-order chi connectivity index (χ0) is 25.5. The molecular formula is C31H29NO4. The van der Waals surface area contributed by atoms with Crippen LogP contribution in [0.5, 0.6) is 5.75 Å². The molecule has 1 atom stereocenters. The van der Waals surface area contributed by atoms with Gasteiger partial charge in [-0.15, -0.1) is 0 Å². The molecule has 0 bridgehead atoms. The molecule has 0 aromatic heterocycles. The van der Waals surface area contributed by atoms with E-state index in [1.54, 1.807) is 12.1 Å². The maximum absolute atomic E-state index is 12.7. The number of aryl methyl sites for hydroxylation is 2. The van der Waals surface area contributed by atoms with E-state index >= 15 is 0 Å². The molecule has 36 heavy (non-hydrogen) atoms. The smallest absolute Gasteiger partial charge is 0.326 e. The first-order valence-electron chi connectivity index (χ1n) is 11.9. The third-order valence-corrected chi connectivity index (χ3v) is 6.12. The lowest BCUT2D eigenvalue weighted by molar-refractivity contribution is -0.139. The number of carbonyl (C=O) groups is 2. The molecule has 0 radical (unpaired) electrons. The van der Waals surface area contributed by atoms with Crippen LogP contribution in [0.25, 0.3) is 11.1 Å². The number of ether oxygens (including phenoxy) is 1. The number of amides is 1. The Morgan fingerprint density at radius 1 is 0.833 bits per heavy atom. The van der Waals surface area contributed by atoms with Gasteiger partial charge in [-0.3, -0.25) is 4.79 Å². The average molecular weight is 480 g/mol. The van der Waals surface area contributed by atoms with Crippen molar-refractivity contribution >= 4 is 11.9 Å². The Bertz CT molecular complexity index is 1330. The number of carboxylic acid groups (broad SMARTS) is 1. The molecule has 1 unspecified atom stereocenters. The van der Waals surface area contributed by atoms with Crippen molar-refractivity contribution < 1.29 is 19.4 Å². The Kier molecular flexibility index (Phi) is 7.81. The monoisotopic (exact) mass is 479 g/mol. The van der Waals surface area contributed by atoms with E-state index in [2.05, 4.69) is 37.4 Å². The molecule has 5 nitrogen and oxygen atoms in total. The van der Waals surface area contributed by atoms with Gasteiger partial charge in [0.2, 0.25) is 0 Å². The van der Waals surface area contributed by atoms with Gasteiger partial charge in [-0.2, -0.15) is 0 Å². The van der Waals surface area contributed by atoms with Gasteiger partial charge >= 0.3 is 5.97 Å². The SMILES string of the molecule is Cc1ccc(C)c(COc2ccc(-c3ccc(C(=O)NC(Cc4ccccc4)C(=O)O)cc3)cc2)c1. The molecule has 2 N–H and O–H groups in total. The van der Waals surface area contributed by atoms with Gasteiger partial charge in [0.25, 0.3) is 5.91 Å². The van der Waals surface area contributed by atoms with Crippen LogP contribution < -0.4 is 10.1 Å². The van der Waals surface area contributed by atoms with E-state index < -0.39 is 17.9 Å². The van der Waals surface area contributed by atoms with Gasteiger partial charge in [-0.25, -0.2) is 4.79 Å². The van der Waals surface area contributed by atoms with E-state index in [0.29, 0.717) is 12.2 Å². The van der Waals surface area contributed by atoms with Crippen molar-refractivity contribution in [1.82, 2.24) is 5.32 Å². The summed E-state index contributed by atoms with van der Waals surface area (Å²) >= 11 is 0. The third kappa shape index (κ3) is 6.39. The lowest BCUT2D eigenvalue weighted by Gasteiger charge is -2.15. The second-order valence-corrected chi connectivity index (χ2v) is 8.87. The minimum Gasteiger partial charge on any atom is -0.489 e. The molecule has 0 saturated carbocycles. The maximum atomic E-state index is 12.7. The van der Waals surface area contributed by atoms with Crippen LogP contribution in [0.3, 0.4) is 0 Å². The Morgan fingerprint density at radius 3 is 2.11 bits per heavy atom. The van der Waals surface area contributed by atoms with Crippen LogP contribution in [-0.2, 0) is 17.8 Å². The fraction of sp³-hybridized carbons (Fsp3) is 0.161. The molecule has 5 heteroatoms. The van der Waals surface area contributed by atoms with Crippen LogP contribution in [0.1, 0.15) is 32.6 Å². The van der Waals surface area contributed by atoms with Crippen molar-refractivity contribution in [3.63, 3.8) is 0 Å². The van der Waals surface area contributed by atoms with E-state index in [-0.39, 0.29) is 6.42 Å². The molecule has 182 valence electrons. The normalized spacial score (nSPS) is 11.5. The fourth-order valence-corrected chi connectivity index (χ4v) is 3.97. The summed E-state index contributed by atoms with van der Waals surface area (Å²) in [6, 6.07) is 29.5. The zero-order valence-corrected chi connectivity index (χ0v) is 20.4. The number of carboxylic acids is 1. The molecule has 4 aromatic carbocycles. The summed E-state index contributed by atoms with van der Waals surface area (Å²) < 4.78 is 5.97. The van der Waals surface area contributed by atoms with E-state index in [1.807, 2.05) is 66.7 Å². The number of rotatable bonds is 9. The highest BCUT2D eigenvalue weighted by molar-refractivity contribution is 5.97. The average Bonchev–Trinajstić information content (AvgIpc) is 2.89. The predicted molar refractivity (Wildman–Crippen MR) is 141 cm³/mol. The molecule has 0 heterocycles. The Labute approximate surface area is 211 Å². The minimum atomic E-state index is -1.07. The fourth-order valence-electron chi connectivity index (χ4n) is 3.97. The van der Waals surface area contributed by atoms with Crippen LogP contribution in [0, 0.1) is 13.8 Å². The van der Waals surface area contributed by atoms with Crippen molar-refractivity contribution in [2.24, 2.45) is 0 Å². The number of hydrogen-bond acceptors (Lipinski definition) is 3. The van der Waals surface area contributed by atoms with E-state index in [4.69, 9.17) is 4.74 Å². The van der Waals surface area contributed by atoms with Crippen molar-refractivity contribution in [2.45, 2.75) is 32.9 Å². The summed E-state index contributed by atoms with van der Waals surface area (Å²) in [7, 11) is 0. The zero-order valence-electron chi connectivity index (χ0n) is 20.4. The highest BCUT2D eigenvalue weighted by Gasteiger charge is 2.21. The summed E-state index contributed by atoms with van der Waals surface area (Å²) in [4.78, 5) is 24.4. The van der Waals surface area contributed by atoms with Crippen LogP contribution in [0.4, 0.5) is 0 Å². The van der Waals surface area contributed by atoms with Gasteiger partial charge < -0.3 is 15.2 Å². The van der Waals surface area contributed by atoms with Crippen LogP contribution >= 0.6 is 0 Å². The number of nitrogens with one attached hydrogen (secondary N) is 1. The largest absolute Gasteiger partial charge is 0.489 e. The third-order valence-electron chi connectivity index (χ3n) is 6.12.